The summed E-state index contributed by atoms with van der Waals surface area (Å²) in [6, 6.07) is 14.0. The number of nitrogens with zero attached hydrogens (tertiary/aromatic N) is 1. The van der Waals surface area contributed by atoms with E-state index in [1.54, 1.807) is 12.0 Å². The Morgan fingerprint density at radius 1 is 1.15 bits per heavy atom. The first-order valence-electron chi connectivity index (χ1n) is 9.55. The van der Waals surface area contributed by atoms with Gasteiger partial charge in [-0.1, -0.05) is 37.6 Å². The molecule has 2 aromatic carbocycles. The lowest BCUT2D eigenvalue weighted by Gasteiger charge is -2.22. The molecule has 1 fully saturated rings. The number of para-hydroxylation sites is 1. The predicted octanol–water partition coefficient (Wildman–Crippen LogP) is 3.78. The molecule has 0 radical (unpaired) electrons. The van der Waals surface area contributed by atoms with Crippen LogP contribution < -0.4 is 9.64 Å². The number of methoxy groups -OCH3 is 1. The van der Waals surface area contributed by atoms with Crippen LogP contribution in [0.2, 0.25) is 0 Å². The number of anilines is 1. The number of rotatable bonds is 6. The summed E-state index contributed by atoms with van der Waals surface area (Å²) in [6.45, 7) is 3.44. The van der Waals surface area contributed by atoms with Gasteiger partial charge in [-0.05, 0) is 36.6 Å². The molecule has 1 saturated heterocycles. The molecule has 0 atom stereocenters. The lowest BCUT2D eigenvalue weighted by atomic mass is 10.0. The molecule has 5 nitrogen and oxygen atoms in total. The lowest BCUT2D eigenvalue weighted by molar-refractivity contribution is -0.180. The average molecular weight is 367 g/mol. The summed E-state index contributed by atoms with van der Waals surface area (Å²) in [5.74, 6) is -0.686. The van der Waals surface area contributed by atoms with Gasteiger partial charge in [-0.15, -0.1) is 0 Å². The van der Waals surface area contributed by atoms with Crippen LogP contribution in [0.3, 0.4) is 0 Å². The molecule has 1 amide bonds. The van der Waals surface area contributed by atoms with Crippen LogP contribution in [0.25, 0.3) is 0 Å². The third-order valence-corrected chi connectivity index (χ3v) is 5.27. The van der Waals surface area contributed by atoms with Gasteiger partial charge < -0.3 is 19.1 Å². The van der Waals surface area contributed by atoms with E-state index in [0.717, 1.165) is 41.8 Å². The first-order chi connectivity index (χ1) is 13.2. The number of carbonyl (C=O) groups is 1. The zero-order valence-electron chi connectivity index (χ0n) is 15.9. The minimum atomic E-state index is -1.29. The van der Waals surface area contributed by atoms with Crippen molar-refractivity contribution in [1.82, 2.24) is 0 Å². The Hall–Kier alpha value is -2.37. The summed E-state index contributed by atoms with van der Waals surface area (Å²) in [5, 5.41) is 0. The van der Waals surface area contributed by atoms with E-state index in [1.807, 2.05) is 30.3 Å². The monoisotopic (exact) mass is 367 g/mol. The van der Waals surface area contributed by atoms with E-state index in [-0.39, 0.29) is 5.91 Å². The first kappa shape index (κ1) is 18.0. The fourth-order valence-corrected chi connectivity index (χ4v) is 3.87. The quantitative estimate of drug-likeness (QED) is 0.780. The van der Waals surface area contributed by atoms with Crippen LogP contribution in [0.4, 0.5) is 5.69 Å². The van der Waals surface area contributed by atoms with Crippen molar-refractivity contribution in [3.05, 3.63) is 59.2 Å². The van der Waals surface area contributed by atoms with Crippen molar-refractivity contribution in [2.24, 2.45) is 0 Å². The Kier molecular flexibility index (Phi) is 4.89. The first-order valence-corrected chi connectivity index (χ1v) is 9.55. The summed E-state index contributed by atoms with van der Waals surface area (Å²) in [6.07, 6.45) is 3.24. The Labute approximate surface area is 159 Å². The maximum Gasteiger partial charge on any atom is 0.292 e. The molecule has 0 unspecified atom stereocenters. The van der Waals surface area contributed by atoms with Gasteiger partial charge >= 0.3 is 0 Å². The van der Waals surface area contributed by atoms with E-state index in [2.05, 4.69) is 19.1 Å². The van der Waals surface area contributed by atoms with Crippen LogP contribution in [-0.4, -0.2) is 26.2 Å². The van der Waals surface area contributed by atoms with Crippen molar-refractivity contribution in [3.63, 3.8) is 0 Å². The summed E-state index contributed by atoms with van der Waals surface area (Å²) in [5.41, 5.74) is 3.84. The van der Waals surface area contributed by atoms with Gasteiger partial charge in [-0.2, -0.15) is 0 Å². The Balaban J connectivity index is 1.73. The predicted molar refractivity (Wildman–Crippen MR) is 103 cm³/mol. The smallest absolute Gasteiger partial charge is 0.292 e. The molecule has 2 aromatic rings. The van der Waals surface area contributed by atoms with Crippen LogP contribution in [0, 0.1) is 0 Å². The lowest BCUT2D eigenvalue weighted by Crippen LogP contribution is -2.41. The molecule has 0 aliphatic carbocycles. The van der Waals surface area contributed by atoms with E-state index < -0.39 is 5.79 Å². The van der Waals surface area contributed by atoms with Crippen molar-refractivity contribution >= 4 is 11.6 Å². The molecule has 2 aliphatic heterocycles. The number of ether oxygens (including phenoxy) is 3. The third kappa shape index (κ3) is 3.01. The molecule has 0 bridgehead atoms. The number of hydrogen-bond donors (Lipinski definition) is 0. The van der Waals surface area contributed by atoms with Crippen molar-refractivity contribution in [3.8, 4) is 5.75 Å². The van der Waals surface area contributed by atoms with Gasteiger partial charge in [-0.3, -0.25) is 4.79 Å². The average Bonchev–Trinajstić information content (AvgIpc) is 3.28. The fourth-order valence-electron chi connectivity index (χ4n) is 3.87. The van der Waals surface area contributed by atoms with Gasteiger partial charge in [0, 0.05) is 11.1 Å². The second-order valence-electron chi connectivity index (χ2n) is 6.97. The van der Waals surface area contributed by atoms with Crippen LogP contribution in [0.5, 0.6) is 5.75 Å². The molecule has 27 heavy (non-hydrogen) atoms. The second-order valence-corrected chi connectivity index (χ2v) is 6.97. The molecule has 0 aromatic heterocycles. The SMILES string of the molecule is CCCCc1ccc2c(c1)C1(OCCO1)C(=O)N2Cc1ccccc1OC. The van der Waals surface area contributed by atoms with Crippen LogP contribution >= 0.6 is 0 Å². The van der Waals surface area contributed by atoms with Crippen LogP contribution in [-0.2, 0) is 33.0 Å². The highest BCUT2D eigenvalue weighted by Gasteiger charge is 2.56. The molecule has 2 heterocycles. The van der Waals surface area contributed by atoms with Crippen molar-refractivity contribution < 1.29 is 19.0 Å². The third-order valence-electron chi connectivity index (χ3n) is 5.27. The molecular weight excluding hydrogens is 342 g/mol. The zero-order chi connectivity index (χ0) is 18.9. The summed E-state index contributed by atoms with van der Waals surface area (Å²) in [7, 11) is 1.64. The molecule has 5 heteroatoms. The normalized spacial score (nSPS) is 17.6. The van der Waals surface area contributed by atoms with Gasteiger partial charge in [0.15, 0.2) is 0 Å². The number of amides is 1. The fraction of sp³-hybridized carbons (Fsp3) is 0.409. The number of unbranched alkanes of at least 4 members (excludes halogenated alkanes) is 1. The minimum Gasteiger partial charge on any atom is -0.496 e. The highest BCUT2D eigenvalue weighted by molar-refractivity contribution is 6.06. The van der Waals surface area contributed by atoms with Crippen molar-refractivity contribution in [2.75, 3.05) is 25.2 Å². The number of benzene rings is 2. The van der Waals surface area contributed by atoms with Gasteiger partial charge in [0.1, 0.15) is 5.75 Å². The molecule has 4 rings (SSSR count). The van der Waals surface area contributed by atoms with E-state index >= 15 is 0 Å². The van der Waals surface area contributed by atoms with Gasteiger partial charge in [0.05, 0.1) is 32.6 Å². The van der Waals surface area contributed by atoms with Crippen LogP contribution in [0.15, 0.2) is 42.5 Å². The number of carbonyl (C=O) groups excluding carboxylic acids is 1. The highest BCUT2D eigenvalue weighted by atomic mass is 16.7. The largest absolute Gasteiger partial charge is 0.496 e. The molecular formula is C22H25NO4. The van der Waals surface area contributed by atoms with E-state index in [1.165, 1.54) is 5.56 Å². The van der Waals surface area contributed by atoms with E-state index in [9.17, 15) is 4.79 Å². The second kappa shape index (κ2) is 7.33. The highest BCUT2D eigenvalue weighted by Crippen LogP contribution is 2.47. The zero-order valence-corrected chi connectivity index (χ0v) is 15.9. The molecule has 0 saturated carbocycles. The Bertz CT molecular complexity index is 842. The van der Waals surface area contributed by atoms with Gasteiger partial charge in [0.2, 0.25) is 0 Å². The van der Waals surface area contributed by atoms with Gasteiger partial charge in [-0.25, -0.2) is 0 Å². The Morgan fingerprint density at radius 3 is 2.67 bits per heavy atom. The maximum atomic E-state index is 13.4. The Morgan fingerprint density at radius 2 is 1.93 bits per heavy atom. The summed E-state index contributed by atoms with van der Waals surface area (Å²) < 4.78 is 17.2. The number of hydrogen-bond acceptors (Lipinski definition) is 4. The molecule has 2 aliphatic rings. The van der Waals surface area contributed by atoms with E-state index in [4.69, 9.17) is 14.2 Å². The molecule has 142 valence electrons. The summed E-state index contributed by atoms with van der Waals surface area (Å²) in [4.78, 5) is 15.1. The molecule has 0 N–H and O–H groups in total. The van der Waals surface area contributed by atoms with Gasteiger partial charge in [0.25, 0.3) is 11.7 Å². The standard InChI is InChI=1S/C22H25NO4/c1-3-4-7-16-10-11-19-18(14-16)22(26-12-13-27-22)21(24)23(19)15-17-8-5-6-9-20(17)25-2/h5-6,8-11,14H,3-4,7,12-13,15H2,1-2H3. The minimum absolute atomic E-state index is 0.159. The van der Waals surface area contributed by atoms with E-state index in [0.29, 0.717) is 19.8 Å². The maximum absolute atomic E-state index is 13.4. The molecule has 1 spiro atoms. The number of aryl methyl sites for hydroxylation is 1. The topological polar surface area (TPSA) is 48.0 Å². The summed E-state index contributed by atoms with van der Waals surface area (Å²) >= 11 is 0. The number of fused-ring (bicyclic) bond motifs is 2. The van der Waals surface area contributed by atoms with Crippen LogP contribution in [0.1, 0.15) is 36.5 Å². The van der Waals surface area contributed by atoms with Crippen molar-refractivity contribution in [1.29, 1.82) is 0 Å². The van der Waals surface area contributed by atoms with Crippen molar-refractivity contribution in [2.45, 2.75) is 38.5 Å².